The van der Waals surface area contributed by atoms with Gasteiger partial charge in [-0.25, -0.2) is 0 Å². The third-order valence-corrected chi connectivity index (χ3v) is 4.19. The molecular formula is C17H37N3. The predicted octanol–water partition coefficient (Wildman–Crippen LogP) is 3.97. The lowest BCUT2D eigenvalue weighted by molar-refractivity contribution is 0.348. The quantitative estimate of drug-likeness (QED) is 0.397. The Balaban J connectivity index is 3.60. The van der Waals surface area contributed by atoms with E-state index in [9.17, 15) is 0 Å². The number of aliphatic imine (C=N–C) groups is 1. The summed E-state index contributed by atoms with van der Waals surface area (Å²) in [5, 5.41) is 3.29. The molecule has 0 aromatic rings. The highest BCUT2D eigenvalue weighted by Gasteiger charge is 2.13. The zero-order valence-electron chi connectivity index (χ0n) is 14.2. The third-order valence-electron chi connectivity index (χ3n) is 4.19. The van der Waals surface area contributed by atoms with Crippen LogP contribution in [-0.4, -0.2) is 25.5 Å². The Morgan fingerprint density at radius 3 is 2.50 bits per heavy atom. The number of nitrogens with one attached hydrogen (secondary N) is 1. The molecule has 20 heavy (non-hydrogen) atoms. The molecule has 0 amide bonds. The van der Waals surface area contributed by atoms with E-state index in [1.165, 1.54) is 38.5 Å². The maximum atomic E-state index is 6.26. The molecule has 0 heterocycles. The molecule has 3 atom stereocenters. The zero-order valence-corrected chi connectivity index (χ0v) is 14.2. The van der Waals surface area contributed by atoms with Crippen molar-refractivity contribution in [2.45, 2.75) is 78.7 Å². The van der Waals surface area contributed by atoms with Crippen molar-refractivity contribution in [3.05, 3.63) is 0 Å². The van der Waals surface area contributed by atoms with E-state index in [-0.39, 0.29) is 0 Å². The van der Waals surface area contributed by atoms with Crippen LogP contribution in [0.25, 0.3) is 0 Å². The van der Waals surface area contributed by atoms with Gasteiger partial charge in [0.1, 0.15) is 0 Å². The first-order valence-corrected chi connectivity index (χ1v) is 8.52. The predicted molar refractivity (Wildman–Crippen MR) is 91.3 cm³/mol. The van der Waals surface area contributed by atoms with E-state index in [1.54, 1.807) is 0 Å². The van der Waals surface area contributed by atoms with Crippen LogP contribution in [0.1, 0.15) is 72.6 Å². The maximum Gasteiger partial charge on any atom is 0.0880 e. The average Bonchev–Trinajstić information content (AvgIpc) is 2.44. The second-order valence-electron chi connectivity index (χ2n) is 6.21. The second kappa shape index (κ2) is 13.6. The molecule has 0 saturated heterocycles. The lowest BCUT2D eigenvalue weighted by Gasteiger charge is -2.21. The average molecular weight is 284 g/mol. The van der Waals surface area contributed by atoms with E-state index in [0.717, 1.165) is 18.9 Å². The summed E-state index contributed by atoms with van der Waals surface area (Å²) >= 11 is 0. The zero-order chi connectivity index (χ0) is 15.2. The van der Waals surface area contributed by atoms with Crippen LogP contribution in [0.2, 0.25) is 0 Å². The lowest BCUT2D eigenvalue weighted by atomic mass is 9.89. The number of unbranched alkanes of at least 4 members (excludes halogenated alkanes) is 2. The highest BCUT2D eigenvalue weighted by molar-refractivity contribution is 5.52. The van der Waals surface area contributed by atoms with Gasteiger partial charge in [0.2, 0.25) is 0 Å². The van der Waals surface area contributed by atoms with Crippen molar-refractivity contribution in [3.63, 3.8) is 0 Å². The van der Waals surface area contributed by atoms with Crippen molar-refractivity contribution in [1.82, 2.24) is 5.32 Å². The van der Waals surface area contributed by atoms with E-state index in [2.05, 4.69) is 31.1 Å². The van der Waals surface area contributed by atoms with Crippen molar-refractivity contribution < 1.29 is 0 Å². The molecule has 0 rings (SSSR count). The Hall–Kier alpha value is -0.410. The summed E-state index contributed by atoms with van der Waals surface area (Å²) in [6.07, 6.45) is 10.9. The number of nitrogens with zero attached hydrogens (tertiary/aromatic N) is 1. The second-order valence-corrected chi connectivity index (χ2v) is 6.21. The van der Waals surface area contributed by atoms with Gasteiger partial charge in [-0.3, -0.25) is 10.3 Å². The van der Waals surface area contributed by atoms with Crippen LogP contribution >= 0.6 is 0 Å². The standard InChI is InChI=1S/C17H37N3/c1-5-7-8-9-15(3)10-11-16(4)17(18)12-13-20-14-19-6-2/h6,15-17,20H,5,7-14,18H2,1-4H3. The van der Waals surface area contributed by atoms with Gasteiger partial charge in [-0.15, -0.1) is 0 Å². The van der Waals surface area contributed by atoms with Crippen molar-refractivity contribution in [2.75, 3.05) is 13.2 Å². The van der Waals surface area contributed by atoms with Crippen LogP contribution in [0.4, 0.5) is 0 Å². The third kappa shape index (κ3) is 11.4. The number of hydrogen-bond acceptors (Lipinski definition) is 3. The molecule has 0 aliphatic rings. The fourth-order valence-corrected chi connectivity index (χ4v) is 2.44. The molecule has 0 bridgehead atoms. The van der Waals surface area contributed by atoms with Crippen molar-refractivity contribution in [2.24, 2.45) is 22.6 Å². The maximum absolute atomic E-state index is 6.26. The van der Waals surface area contributed by atoms with Crippen LogP contribution in [0.5, 0.6) is 0 Å². The van der Waals surface area contributed by atoms with Gasteiger partial charge in [-0.1, -0.05) is 52.9 Å². The monoisotopic (exact) mass is 283 g/mol. The molecule has 0 saturated carbocycles. The number of hydrogen-bond donors (Lipinski definition) is 2. The Kier molecular flexibility index (Phi) is 13.3. The van der Waals surface area contributed by atoms with Crippen LogP contribution < -0.4 is 11.1 Å². The Bertz CT molecular complexity index is 228. The summed E-state index contributed by atoms with van der Waals surface area (Å²) in [7, 11) is 0. The summed E-state index contributed by atoms with van der Waals surface area (Å²) in [4.78, 5) is 4.13. The summed E-state index contributed by atoms with van der Waals surface area (Å²) in [6, 6.07) is 0.316. The number of rotatable bonds is 13. The lowest BCUT2D eigenvalue weighted by Crippen LogP contribution is -2.32. The van der Waals surface area contributed by atoms with Gasteiger partial charge in [0.25, 0.3) is 0 Å². The molecular weight excluding hydrogens is 246 g/mol. The van der Waals surface area contributed by atoms with Gasteiger partial charge < -0.3 is 5.73 Å². The smallest absolute Gasteiger partial charge is 0.0880 e. The molecule has 0 radical (unpaired) electrons. The van der Waals surface area contributed by atoms with Crippen LogP contribution in [0.3, 0.4) is 0 Å². The Morgan fingerprint density at radius 1 is 1.10 bits per heavy atom. The SMILES string of the molecule is CC=NCNCCC(N)C(C)CCC(C)CCCCC. The van der Waals surface area contributed by atoms with E-state index < -0.39 is 0 Å². The summed E-state index contributed by atoms with van der Waals surface area (Å²) < 4.78 is 0. The molecule has 3 heteroatoms. The Morgan fingerprint density at radius 2 is 1.85 bits per heavy atom. The summed E-state index contributed by atoms with van der Waals surface area (Å²) in [5.74, 6) is 1.48. The fourth-order valence-electron chi connectivity index (χ4n) is 2.44. The molecule has 0 aliphatic carbocycles. The normalized spacial score (nSPS) is 16.4. The molecule has 0 aromatic carbocycles. The van der Waals surface area contributed by atoms with Gasteiger partial charge in [-0.2, -0.15) is 0 Å². The number of nitrogens with two attached hydrogens (primary N) is 1. The van der Waals surface area contributed by atoms with Gasteiger partial charge >= 0.3 is 0 Å². The van der Waals surface area contributed by atoms with Gasteiger partial charge in [0.05, 0.1) is 6.67 Å². The molecule has 0 fully saturated rings. The van der Waals surface area contributed by atoms with Crippen molar-refractivity contribution >= 4 is 6.21 Å². The molecule has 0 spiro atoms. The van der Waals surface area contributed by atoms with E-state index >= 15 is 0 Å². The van der Waals surface area contributed by atoms with Gasteiger partial charge in [0.15, 0.2) is 0 Å². The first-order chi connectivity index (χ1) is 9.61. The summed E-state index contributed by atoms with van der Waals surface area (Å²) in [5.41, 5.74) is 6.26. The highest BCUT2D eigenvalue weighted by Crippen LogP contribution is 2.20. The highest BCUT2D eigenvalue weighted by atomic mass is 15.0. The van der Waals surface area contributed by atoms with Crippen LogP contribution in [-0.2, 0) is 0 Å². The first kappa shape index (κ1) is 19.6. The topological polar surface area (TPSA) is 50.4 Å². The van der Waals surface area contributed by atoms with Gasteiger partial charge in [0, 0.05) is 6.04 Å². The fraction of sp³-hybridized carbons (Fsp3) is 0.941. The van der Waals surface area contributed by atoms with E-state index in [1.807, 2.05) is 13.1 Å². The minimum absolute atomic E-state index is 0.316. The summed E-state index contributed by atoms with van der Waals surface area (Å²) in [6.45, 7) is 10.6. The van der Waals surface area contributed by atoms with Crippen LogP contribution in [0, 0.1) is 11.8 Å². The minimum atomic E-state index is 0.316. The first-order valence-electron chi connectivity index (χ1n) is 8.52. The molecule has 120 valence electrons. The molecule has 3 unspecified atom stereocenters. The molecule has 3 nitrogen and oxygen atoms in total. The van der Waals surface area contributed by atoms with E-state index in [4.69, 9.17) is 5.73 Å². The minimum Gasteiger partial charge on any atom is -0.327 e. The van der Waals surface area contributed by atoms with Crippen molar-refractivity contribution in [3.8, 4) is 0 Å². The molecule has 3 N–H and O–H groups in total. The Labute approximate surface area is 126 Å². The largest absolute Gasteiger partial charge is 0.327 e. The van der Waals surface area contributed by atoms with Crippen LogP contribution in [0.15, 0.2) is 4.99 Å². The molecule has 0 aromatic heterocycles. The van der Waals surface area contributed by atoms with E-state index in [0.29, 0.717) is 18.6 Å². The molecule has 0 aliphatic heterocycles. The van der Waals surface area contributed by atoms with Crippen molar-refractivity contribution in [1.29, 1.82) is 0 Å². The van der Waals surface area contributed by atoms with Gasteiger partial charge in [-0.05, 0) is 44.4 Å².